The van der Waals surface area contributed by atoms with E-state index in [2.05, 4.69) is 42.0 Å². The van der Waals surface area contributed by atoms with Gasteiger partial charge in [0.1, 0.15) is 5.01 Å². The number of pyridine rings is 1. The Morgan fingerprint density at radius 3 is 2.81 bits per heavy atom. The van der Waals surface area contributed by atoms with Crippen molar-refractivity contribution in [2.75, 3.05) is 0 Å². The van der Waals surface area contributed by atoms with Crippen LogP contribution in [0.4, 0.5) is 0 Å². The zero-order chi connectivity index (χ0) is 18.1. The number of Topliss-reactive ketones (excluding diaryl/α,β-unsaturated/α-hetero) is 1. The highest BCUT2D eigenvalue weighted by Crippen LogP contribution is 2.43. The number of hydrogen-bond acceptors (Lipinski definition) is 5. The van der Waals surface area contributed by atoms with Crippen molar-refractivity contribution in [2.45, 2.75) is 37.3 Å². The van der Waals surface area contributed by atoms with E-state index in [9.17, 15) is 4.79 Å². The predicted octanol–water partition coefficient (Wildman–Crippen LogP) is 5.65. The van der Waals surface area contributed by atoms with Crippen molar-refractivity contribution in [1.29, 1.82) is 0 Å². The first kappa shape index (κ1) is 17.4. The molecule has 0 atom stereocenters. The van der Waals surface area contributed by atoms with Gasteiger partial charge in [-0.15, -0.1) is 23.1 Å². The highest BCUT2D eigenvalue weighted by molar-refractivity contribution is 7.98. The average Bonchev–Trinajstić information content (AvgIpc) is 3.13. The Morgan fingerprint density at radius 1 is 1.19 bits per heavy atom. The van der Waals surface area contributed by atoms with Crippen LogP contribution in [0.15, 0.2) is 53.1 Å². The molecule has 0 amide bonds. The number of fused-ring (bicyclic) bond motifs is 1. The van der Waals surface area contributed by atoms with E-state index in [1.807, 2.05) is 23.8 Å². The van der Waals surface area contributed by atoms with Gasteiger partial charge < -0.3 is 0 Å². The summed E-state index contributed by atoms with van der Waals surface area (Å²) in [5.41, 5.74) is 4.34. The molecule has 0 fully saturated rings. The average molecular weight is 381 g/mol. The molecule has 0 radical (unpaired) electrons. The molecule has 1 aliphatic carbocycles. The molecular formula is C21H20N2OS2. The Balaban J connectivity index is 1.76. The molecule has 4 rings (SSSR count). The van der Waals surface area contributed by atoms with Gasteiger partial charge in [0.25, 0.3) is 0 Å². The van der Waals surface area contributed by atoms with Crippen LogP contribution in [0.2, 0.25) is 0 Å². The van der Waals surface area contributed by atoms with Crippen LogP contribution < -0.4 is 0 Å². The number of carbonyl (C=O) groups is 1. The van der Waals surface area contributed by atoms with E-state index in [-0.39, 0.29) is 11.2 Å². The van der Waals surface area contributed by atoms with Crippen LogP contribution >= 0.6 is 23.1 Å². The molecule has 26 heavy (non-hydrogen) atoms. The van der Waals surface area contributed by atoms with Crippen molar-refractivity contribution in [2.24, 2.45) is 5.41 Å². The first-order chi connectivity index (χ1) is 12.5. The van der Waals surface area contributed by atoms with Gasteiger partial charge in [-0.05, 0) is 35.1 Å². The van der Waals surface area contributed by atoms with Crippen molar-refractivity contribution in [1.82, 2.24) is 9.97 Å². The number of thiazole rings is 1. The number of thioether (sulfide) groups is 1. The zero-order valence-corrected chi connectivity index (χ0v) is 16.5. The molecule has 2 heterocycles. The number of ketones is 1. The lowest BCUT2D eigenvalue weighted by Crippen LogP contribution is -2.28. The van der Waals surface area contributed by atoms with Crippen molar-refractivity contribution < 1.29 is 4.79 Å². The van der Waals surface area contributed by atoms with E-state index >= 15 is 0 Å². The molecule has 1 aromatic carbocycles. The number of aromatic nitrogens is 2. The zero-order valence-electron chi connectivity index (χ0n) is 14.9. The largest absolute Gasteiger partial charge is 0.294 e. The maximum Gasteiger partial charge on any atom is 0.164 e. The van der Waals surface area contributed by atoms with Crippen LogP contribution in [-0.4, -0.2) is 15.8 Å². The Morgan fingerprint density at radius 2 is 2.08 bits per heavy atom. The highest BCUT2D eigenvalue weighted by Gasteiger charge is 2.34. The minimum atomic E-state index is -0.0112. The Labute approximate surface area is 161 Å². The molecule has 132 valence electrons. The van der Waals surface area contributed by atoms with E-state index in [1.54, 1.807) is 29.3 Å². The van der Waals surface area contributed by atoms with Gasteiger partial charge in [0, 0.05) is 52.2 Å². The fraction of sp³-hybridized carbons (Fsp3) is 0.286. The van der Waals surface area contributed by atoms with Crippen LogP contribution in [0, 0.1) is 5.41 Å². The van der Waals surface area contributed by atoms with E-state index in [0.717, 1.165) is 38.8 Å². The molecule has 0 aliphatic heterocycles. The van der Waals surface area contributed by atoms with Crippen LogP contribution in [0.3, 0.4) is 0 Å². The summed E-state index contributed by atoms with van der Waals surface area (Å²) in [4.78, 5) is 22.7. The standard InChI is InChI=1S/C21H20N2OS2/c1-21(2)10-16-15(20-23-8-9-25-20)5-6-18(19(16)17(24)11-21)26-13-14-4-3-7-22-12-14/h3-9,12H,10-11,13H2,1-2H3. The van der Waals surface area contributed by atoms with Gasteiger partial charge in [0.2, 0.25) is 0 Å². The van der Waals surface area contributed by atoms with Gasteiger partial charge in [-0.3, -0.25) is 9.78 Å². The topological polar surface area (TPSA) is 42.9 Å². The maximum absolute atomic E-state index is 13.0. The van der Waals surface area contributed by atoms with Gasteiger partial charge in [-0.2, -0.15) is 0 Å². The van der Waals surface area contributed by atoms with Crippen LogP contribution in [0.5, 0.6) is 0 Å². The molecule has 0 spiro atoms. The predicted molar refractivity (Wildman–Crippen MR) is 108 cm³/mol. The SMILES string of the molecule is CC1(C)CC(=O)c2c(SCc3cccnc3)ccc(-c3nccs3)c2C1. The van der Waals surface area contributed by atoms with E-state index < -0.39 is 0 Å². The van der Waals surface area contributed by atoms with Crippen molar-refractivity contribution in [3.63, 3.8) is 0 Å². The molecule has 3 aromatic rings. The molecule has 0 unspecified atom stereocenters. The second kappa shape index (κ2) is 6.97. The summed E-state index contributed by atoms with van der Waals surface area (Å²) >= 11 is 3.35. The Hall–Kier alpha value is -1.98. The fourth-order valence-corrected chi connectivity index (χ4v) is 5.23. The van der Waals surface area contributed by atoms with Crippen molar-refractivity contribution in [3.05, 3.63) is 64.9 Å². The first-order valence-electron chi connectivity index (χ1n) is 8.64. The van der Waals surface area contributed by atoms with Gasteiger partial charge in [-0.25, -0.2) is 4.98 Å². The highest BCUT2D eigenvalue weighted by atomic mass is 32.2. The summed E-state index contributed by atoms with van der Waals surface area (Å²) in [5.74, 6) is 1.07. The first-order valence-corrected chi connectivity index (χ1v) is 10.5. The summed E-state index contributed by atoms with van der Waals surface area (Å²) < 4.78 is 0. The summed E-state index contributed by atoms with van der Waals surface area (Å²) in [6.07, 6.45) is 7.00. The lowest BCUT2D eigenvalue weighted by Gasteiger charge is -2.32. The minimum absolute atomic E-state index is 0.0112. The summed E-state index contributed by atoms with van der Waals surface area (Å²) in [7, 11) is 0. The summed E-state index contributed by atoms with van der Waals surface area (Å²) in [6.45, 7) is 4.35. The molecular weight excluding hydrogens is 360 g/mol. The number of carbonyl (C=O) groups excluding carboxylic acids is 1. The normalized spacial score (nSPS) is 15.7. The molecule has 0 saturated heterocycles. The second-order valence-corrected chi connectivity index (χ2v) is 9.30. The van der Waals surface area contributed by atoms with Gasteiger partial charge in [0.15, 0.2) is 5.78 Å². The number of hydrogen-bond donors (Lipinski definition) is 0. The fourth-order valence-electron chi connectivity index (χ4n) is 3.50. The molecule has 0 N–H and O–H groups in total. The number of rotatable bonds is 4. The van der Waals surface area contributed by atoms with Crippen LogP contribution in [-0.2, 0) is 12.2 Å². The number of nitrogens with zero attached hydrogens (tertiary/aromatic N) is 2. The summed E-state index contributed by atoms with van der Waals surface area (Å²) in [6, 6.07) is 8.25. The number of benzene rings is 1. The quantitative estimate of drug-likeness (QED) is 0.548. The third kappa shape index (κ3) is 3.46. The van der Waals surface area contributed by atoms with Crippen LogP contribution in [0.1, 0.15) is 41.8 Å². The lowest BCUT2D eigenvalue weighted by atomic mass is 9.72. The molecule has 1 aliphatic rings. The minimum Gasteiger partial charge on any atom is -0.294 e. The van der Waals surface area contributed by atoms with E-state index in [1.165, 1.54) is 5.56 Å². The second-order valence-electron chi connectivity index (χ2n) is 7.39. The van der Waals surface area contributed by atoms with Gasteiger partial charge >= 0.3 is 0 Å². The van der Waals surface area contributed by atoms with Gasteiger partial charge in [-0.1, -0.05) is 26.0 Å². The van der Waals surface area contributed by atoms with E-state index in [4.69, 9.17) is 0 Å². The van der Waals surface area contributed by atoms with Crippen molar-refractivity contribution in [3.8, 4) is 10.6 Å². The molecule has 0 bridgehead atoms. The van der Waals surface area contributed by atoms with Crippen molar-refractivity contribution >= 4 is 28.9 Å². The monoisotopic (exact) mass is 380 g/mol. The molecule has 0 saturated carbocycles. The molecule has 2 aromatic heterocycles. The smallest absolute Gasteiger partial charge is 0.164 e. The summed E-state index contributed by atoms with van der Waals surface area (Å²) in [5, 5.41) is 2.98. The Kier molecular flexibility index (Phi) is 4.67. The van der Waals surface area contributed by atoms with Crippen LogP contribution in [0.25, 0.3) is 10.6 Å². The molecule has 3 nitrogen and oxygen atoms in total. The van der Waals surface area contributed by atoms with E-state index in [0.29, 0.717) is 6.42 Å². The van der Waals surface area contributed by atoms with Gasteiger partial charge in [0.05, 0.1) is 0 Å². The molecule has 5 heteroatoms. The maximum atomic E-state index is 13.0. The Bertz CT molecular complexity index is 934. The third-order valence-electron chi connectivity index (χ3n) is 4.63. The lowest BCUT2D eigenvalue weighted by molar-refractivity contribution is 0.0909. The third-order valence-corrected chi connectivity index (χ3v) is 6.56.